The molecule has 7 heterocycles. The zero-order valence-electron chi connectivity index (χ0n) is 34.1. The van der Waals surface area contributed by atoms with Gasteiger partial charge in [-0.15, -0.1) is 10.2 Å². The summed E-state index contributed by atoms with van der Waals surface area (Å²) >= 11 is 0. The molecule has 14 nitrogen and oxygen atoms in total. The molecule has 1 saturated carbocycles. The molecule has 3 aromatic rings. The zero-order chi connectivity index (χ0) is 40.9. The molecule has 2 bridgehead atoms. The third-order valence-electron chi connectivity index (χ3n) is 14.2. The number of hydrogen-bond acceptors (Lipinski definition) is 12. The number of benzene rings is 1. The van der Waals surface area contributed by atoms with E-state index in [1.807, 2.05) is 12.3 Å². The SMILES string of the molecule is Nc1nnc(C2=CC(F)CC=C2O)cc1N1CC2=[N+](c3nccc(C4CCN(CC5CCC(c6cccc7c6OCCN7[C@@H]6CCC(=O)NC6O)CC5)CC4)n3)[C@@H](CC2)C1. The summed E-state index contributed by atoms with van der Waals surface area (Å²) in [5.74, 6) is 3.53. The number of allylic oxidation sites excluding steroid dienone is 3. The third-order valence-corrected chi connectivity index (χ3v) is 14.2. The van der Waals surface area contributed by atoms with Crippen LogP contribution in [0.3, 0.4) is 0 Å². The number of anilines is 3. The van der Waals surface area contributed by atoms with Crippen molar-refractivity contribution in [2.45, 2.75) is 107 Å². The molecule has 5 N–H and O–H groups in total. The monoisotopic (exact) mass is 819 g/mol. The number of nitrogens with zero attached hydrogens (tertiary/aromatic N) is 8. The van der Waals surface area contributed by atoms with Gasteiger partial charge in [-0.1, -0.05) is 22.1 Å². The highest BCUT2D eigenvalue weighted by molar-refractivity contribution is 5.89. The van der Waals surface area contributed by atoms with E-state index in [2.05, 4.69) is 59.1 Å². The van der Waals surface area contributed by atoms with E-state index in [-0.39, 0.29) is 30.2 Å². The molecule has 3 fully saturated rings. The van der Waals surface area contributed by atoms with Gasteiger partial charge in [0.1, 0.15) is 48.4 Å². The van der Waals surface area contributed by atoms with Crippen LogP contribution in [0.4, 0.5) is 27.5 Å². The molecule has 10 rings (SSSR count). The van der Waals surface area contributed by atoms with Crippen molar-refractivity contribution in [2.24, 2.45) is 5.92 Å². The van der Waals surface area contributed by atoms with Crippen molar-refractivity contribution in [1.82, 2.24) is 30.4 Å². The number of halogens is 1. The second-order valence-corrected chi connectivity index (χ2v) is 17.9. The molecule has 15 heteroatoms. The van der Waals surface area contributed by atoms with Crippen LogP contribution < -0.4 is 25.6 Å². The van der Waals surface area contributed by atoms with E-state index >= 15 is 0 Å². The standard InChI is InChI=1S/C45H55FN10O4/c46-30-8-12-40(57)34(22-30)36-23-39(43(47)52-51-36)54-25-31-9-10-32(26-54)56(31)45-48-17-14-35(49-45)29-15-18-53(19-16-29)24-27-4-6-28(7-5-27)33-2-1-3-37-42(33)60-21-20-55(37)38-11-13-41(58)50-44(38)59/h1-3,12,14,17,22-23,27-31,38,44,59H,4-11,13,15-16,18-21,24-26H2,(H3-,47,50,52,57,58)/p+1/t27?,28?,30?,31-,38+,44?/m0/s1. The lowest BCUT2D eigenvalue weighted by molar-refractivity contribution is -0.484. The number of nitrogens with two attached hydrogens (primary N) is 1. The van der Waals surface area contributed by atoms with Gasteiger partial charge in [0.15, 0.2) is 5.82 Å². The van der Waals surface area contributed by atoms with Crippen LogP contribution in [-0.4, -0.2) is 122 Å². The van der Waals surface area contributed by atoms with Gasteiger partial charge in [0.25, 0.3) is 0 Å². The maximum absolute atomic E-state index is 14.2. The Morgan fingerprint density at radius 3 is 2.65 bits per heavy atom. The Labute approximate surface area is 350 Å². The summed E-state index contributed by atoms with van der Waals surface area (Å²) in [7, 11) is 0. The fourth-order valence-electron chi connectivity index (χ4n) is 11.1. The van der Waals surface area contributed by atoms with E-state index in [9.17, 15) is 19.4 Å². The van der Waals surface area contributed by atoms with Crippen LogP contribution in [0.15, 0.2) is 54.4 Å². The number of nitrogens with one attached hydrogen (secondary N) is 1. The van der Waals surface area contributed by atoms with Crippen molar-refractivity contribution < 1.29 is 28.7 Å². The Hall–Kier alpha value is -5.15. The number of amides is 1. The smallest absolute Gasteiger partial charge is 0.433 e. The number of fused-ring (bicyclic) bond motifs is 2. The summed E-state index contributed by atoms with van der Waals surface area (Å²) in [6.45, 7) is 5.95. The van der Waals surface area contributed by atoms with Crippen LogP contribution >= 0.6 is 0 Å². The molecule has 2 aliphatic carbocycles. The van der Waals surface area contributed by atoms with Crippen LogP contribution in [0, 0.1) is 5.92 Å². The van der Waals surface area contributed by atoms with E-state index in [1.54, 1.807) is 0 Å². The van der Waals surface area contributed by atoms with Gasteiger partial charge in [-0.25, -0.2) is 8.97 Å². The summed E-state index contributed by atoms with van der Waals surface area (Å²) in [5.41, 5.74) is 12.5. The number of hydrogen-bond donors (Lipinski definition) is 4. The summed E-state index contributed by atoms with van der Waals surface area (Å²) in [5, 5.41) is 32.2. The maximum Gasteiger partial charge on any atom is 0.433 e. The Balaban J connectivity index is 0.743. The summed E-state index contributed by atoms with van der Waals surface area (Å²) in [6.07, 6.45) is 12.8. The highest BCUT2D eigenvalue weighted by atomic mass is 19.1. The molecular weight excluding hydrogens is 764 g/mol. The number of para-hydroxylation sites is 1. The van der Waals surface area contributed by atoms with Gasteiger partial charge in [0.2, 0.25) is 5.91 Å². The molecule has 2 aromatic heterocycles. The van der Waals surface area contributed by atoms with Gasteiger partial charge in [0, 0.05) is 43.4 Å². The van der Waals surface area contributed by atoms with Gasteiger partial charge in [-0.2, -0.15) is 0 Å². The van der Waals surface area contributed by atoms with Crippen molar-refractivity contribution in [3.8, 4) is 5.75 Å². The molecule has 4 atom stereocenters. The van der Waals surface area contributed by atoms with Crippen LogP contribution in [0.2, 0.25) is 0 Å². The number of likely N-dealkylation sites (tertiary alicyclic amines) is 1. The number of carbonyl (C=O) groups is 1. The first-order valence-corrected chi connectivity index (χ1v) is 22.1. The number of ether oxygens (including phenoxy) is 1. The molecule has 1 amide bonds. The van der Waals surface area contributed by atoms with E-state index in [0.29, 0.717) is 73.9 Å². The minimum absolute atomic E-state index is 0.0122. The van der Waals surface area contributed by atoms with Crippen LogP contribution in [0.25, 0.3) is 5.57 Å². The fourth-order valence-corrected chi connectivity index (χ4v) is 11.1. The number of carbonyl (C=O) groups excluding carboxylic acids is 1. The Kier molecular flexibility index (Phi) is 10.6. The van der Waals surface area contributed by atoms with Crippen molar-refractivity contribution >= 4 is 40.3 Å². The molecule has 2 saturated heterocycles. The average molecular weight is 820 g/mol. The molecule has 60 heavy (non-hydrogen) atoms. The molecule has 0 radical (unpaired) electrons. The van der Waals surface area contributed by atoms with Gasteiger partial charge in [0.05, 0.1) is 48.5 Å². The molecule has 5 aliphatic heterocycles. The Bertz CT molecular complexity index is 2220. The van der Waals surface area contributed by atoms with Gasteiger partial charge in [-0.05, 0) is 106 Å². The van der Waals surface area contributed by atoms with Gasteiger partial charge >= 0.3 is 5.95 Å². The van der Waals surface area contributed by atoms with Crippen molar-refractivity contribution in [3.05, 3.63) is 71.4 Å². The van der Waals surface area contributed by atoms with Gasteiger partial charge < -0.3 is 40.7 Å². The lowest BCUT2D eigenvalue weighted by Gasteiger charge is -2.43. The Morgan fingerprint density at radius 2 is 1.83 bits per heavy atom. The predicted molar refractivity (Wildman–Crippen MR) is 226 cm³/mol. The molecule has 2 unspecified atom stereocenters. The number of nitrogen functional groups attached to an aromatic ring is 1. The molecule has 316 valence electrons. The van der Waals surface area contributed by atoms with Crippen molar-refractivity contribution in [2.75, 3.05) is 61.4 Å². The number of rotatable bonds is 8. The quantitative estimate of drug-likeness (QED) is 0.222. The predicted octanol–water partition coefficient (Wildman–Crippen LogP) is 5.13. The van der Waals surface area contributed by atoms with E-state index in [1.165, 1.54) is 36.3 Å². The zero-order valence-corrected chi connectivity index (χ0v) is 34.1. The highest BCUT2D eigenvalue weighted by Gasteiger charge is 2.41. The first-order valence-electron chi connectivity index (χ1n) is 22.1. The van der Waals surface area contributed by atoms with Crippen molar-refractivity contribution in [3.63, 3.8) is 0 Å². The lowest BCUT2D eigenvalue weighted by Crippen LogP contribution is -2.57. The summed E-state index contributed by atoms with van der Waals surface area (Å²) < 4.78 is 22.9. The molecule has 7 aliphatic rings. The number of aliphatic hydroxyl groups excluding tert-OH is 2. The molecule has 0 spiro atoms. The van der Waals surface area contributed by atoms with Crippen LogP contribution in [0.5, 0.6) is 5.75 Å². The first-order chi connectivity index (χ1) is 29.3. The van der Waals surface area contributed by atoms with E-state index in [4.69, 9.17) is 20.4 Å². The largest absolute Gasteiger partial charge is 0.508 e. The van der Waals surface area contributed by atoms with Gasteiger partial charge in [-0.3, -0.25) is 4.79 Å². The molecule has 1 aromatic carbocycles. The second-order valence-electron chi connectivity index (χ2n) is 17.9. The van der Waals surface area contributed by atoms with Crippen molar-refractivity contribution in [1.29, 1.82) is 0 Å². The lowest BCUT2D eigenvalue weighted by atomic mass is 9.77. The number of alkyl halides is 1. The Morgan fingerprint density at radius 1 is 0.983 bits per heavy atom. The van der Waals surface area contributed by atoms with Crippen LogP contribution in [-0.2, 0) is 4.79 Å². The topological polar surface area (TPSA) is 169 Å². The first kappa shape index (κ1) is 39.0. The van der Waals surface area contributed by atoms with E-state index in [0.717, 1.165) is 86.9 Å². The maximum atomic E-state index is 14.2. The summed E-state index contributed by atoms with van der Waals surface area (Å²) in [4.78, 5) is 29.0. The fraction of sp³-hybridized carbons (Fsp3) is 0.556. The second kappa shape index (κ2) is 16.4. The number of aromatic nitrogens is 4. The average Bonchev–Trinajstić information content (AvgIpc) is 3.53. The van der Waals surface area contributed by atoms with Crippen LogP contribution in [0.1, 0.15) is 99.4 Å². The summed E-state index contributed by atoms with van der Waals surface area (Å²) in [6, 6.07) is 10.4. The third kappa shape index (κ3) is 7.59. The van der Waals surface area contributed by atoms with E-state index < -0.39 is 12.4 Å². The minimum Gasteiger partial charge on any atom is -0.508 e. The normalized spacial score (nSPS) is 28.8. The molecular formula is C45H56FN10O4+. The number of aliphatic hydroxyl groups is 2. The highest BCUT2D eigenvalue weighted by Crippen LogP contribution is 2.46. The number of piperidine rings is 2. The minimum atomic E-state index is -1.18.